The first-order valence-electron chi connectivity index (χ1n) is 13.8. The summed E-state index contributed by atoms with van der Waals surface area (Å²) in [4.78, 5) is 38.6. The number of amides is 1. The maximum Gasteiger partial charge on any atom is 0.256 e. The molecule has 5 aromatic rings. The molecule has 12 nitrogen and oxygen atoms in total. The van der Waals surface area contributed by atoms with Gasteiger partial charge in [0.15, 0.2) is 17.1 Å². The molecule has 0 aliphatic carbocycles. The molecule has 0 aromatic carbocycles. The molecule has 0 saturated carbocycles. The van der Waals surface area contributed by atoms with E-state index < -0.39 is 0 Å². The molecule has 6 rings (SSSR count). The van der Waals surface area contributed by atoms with Crippen LogP contribution in [0.25, 0.3) is 44.8 Å². The zero-order valence-corrected chi connectivity index (χ0v) is 25.5. The molecule has 5 aromatic heterocycles. The molecule has 0 spiro atoms. The Morgan fingerprint density at radius 2 is 2.00 bits per heavy atom. The number of alkyl halides is 1. The van der Waals surface area contributed by atoms with Crippen molar-refractivity contribution in [3.63, 3.8) is 0 Å². The average molecular weight is 679 g/mol. The number of anilines is 1. The molecule has 1 aliphatic rings. The maximum absolute atomic E-state index is 13.1. The Labute approximate surface area is 255 Å². The number of allylic oxidation sites excluding steroid dienone is 1. The number of rotatable bonds is 8. The van der Waals surface area contributed by atoms with Gasteiger partial charge in [-0.05, 0) is 58.1 Å². The van der Waals surface area contributed by atoms with Gasteiger partial charge in [-0.15, -0.1) is 0 Å². The predicted octanol–water partition coefficient (Wildman–Crippen LogP) is 4.97. The lowest BCUT2D eigenvalue weighted by Gasteiger charge is -2.30. The molecule has 0 atom stereocenters. The van der Waals surface area contributed by atoms with Crippen molar-refractivity contribution in [2.24, 2.45) is 5.92 Å². The fourth-order valence-electron chi connectivity index (χ4n) is 5.28. The number of nitrogens with zero attached hydrogens (tertiary/aromatic N) is 7. The van der Waals surface area contributed by atoms with Gasteiger partial charge in [-0.3, -0.25) is 14.9 Å². The highest BCUT2D eigenvalue weighted by Gasteiger charge is 2.23. The highest BCUT2D eigenvalue weighted by Crippen LogP contribution is 2.31. The Hall–Kier alpha value is -4.11. The summed E-state index contributed by atoms with van der Waals surface area (Å²) in [6.07, 6.45) is 10.0. The Balaban J connectivity index is 1.31. The lowest BCUT2D eigenvalue weighted by Crippen LogP contribution is -2.32. The molecular formula is C29H31IN10O2. The van der Waals surface area contributed by atoms with Gasteiger partial charge in [-0.1, -0.05) is 22.6 Å². The zero-order valence-electron chi connectivity index (χ0n) is 23.3. The molecule has 1 aliphatic heterocycles. The number of pyridine rings is 3. The lowest BCUT2D eigenvalue weighted by atomic mass is 9.94. The first-order chi connectivity index (χ1) is 20.5. The van der Waals surface area contributed by atoms with Gasteiger partial charge in [0.2, 0.25) is 0 Å². The van der Waals surface area contributed by atoms with E-state index in [9.17, 15) is 9.90 Å². The lowest BCUT2D eigenvalue weighted by molar-refractivity contribution is 0.0800. The predicted molar refractivity (Wildman–Crippen MR) is 170 cm³/mol. The number of hydrogen-bond donors (Lipinski definition) is 4. The number of imidazole rings is 1. The normalized spacial score (nSPS) is 15.0. The van der Waals surface area contributed by atoms with Gasteiger partial charge in [0.25, 0.3) is 5.91 Å². The monoisotopic (exact) mass is 678 g/mol. The molecule has 0 bridgehead atoms. The number of carbonyl (C=O) groups excluding carboxylic acids is 1. The minimum Gasteiger partial charge on any atom is -0.514 e. The van der Waals surface area contributed by atoms with E-state index in [1.54, 1.807) is 35.8 Å². The van der Waals surface area contributed by atoms with Crippen molar-refractivity contribution in [2.45, 2.75) is 19.8 Å². The van der Waals surface area contributed by atoms with E-state index in [0.717, 1.165) is 53.8 Å². The van der Waals surface area contributed by atoms with Crippen LogP contribution in [0.5, 0.6) is 0 Å². The Morgan fingerprint density at radius 3 is 2.76 bits per heavy atom. The van der Waals surface area contributed by atoms with Crippen LogP contribution in [0.4, 0.5) is 5.69 Å². The first kappa shape index (κ1) is 28.0. The van der Waals surface area contributed by atoms with E-state index in [1.165, 1.54) is 6.26 Å². The van der Waals surface area contributed by atoms with Crippen molar-refractivity contribution in [3.05, 3.63) is 60.5 Å². The quantitative estimate of drug-likeness (QED) is 0.0772. The van der Waals surface area contributed by atoms with E-state index >= 15 is 0 Å². The van der Waals surface area contributed by atoms with Gasteiger partial charge in [0.1, 0.15) is 11.2 Å². The van der Waals surface area contributed by atoms with Crippen LogP contribution >= 0.6 is 22.6 Å². The topological polar surface area (TPSA) is 152 Å². The summed E-state index contributed by atoms with van der Waals surface area (Å²) >= 11 is 2.18. The van der Waals surface area contributed by atoms with E-state index in [1.807, 2.05) is 19.1 Å². The summed E-state index contributed by atoms with van der Waals surface area (Å²) in [7, 11) is 2.12. The fraction of sp³-hybridized carbons (Fsp3) is 0.310. The number of aromatic amines is 2. The molecule has 4 N–H and O–H groups in total. The number of aliphatic hydroxyl groups excluding tert-OH is 1. The van der Waals surface area contributed by atoms with Crippen molar-refractivity contribution < 1.29 is 9.90 Å². The largest absolute Gasteiger partial charge is 0.514 e. The van der Waals surface area contributed by atoms with E-state index in [0.29, 0.717) is 45.0 Å². The molecule has 6 heterocycles. The molecule has 42 heavy (non-hydrogen) atoms. The summed E-state index contributed by atoms with van der Waals surface area (Å²) in [6, 6.07) is 5.68. The number of nitrogens with one attached hydrogen (secondary N) is 3. The molecule has 13 heteroatoms. The number of H-pyrrole nitrogens is 2. The van der Waals surface area contributed by atoms with Crippen LogP contribution in [0.15, 0.2) is 54.9 Å². The second-order valence-electron chi connectivity index (χ2n) is 10.4. The average Bonchev–Trinajstić information content (AvgIpc) is 3.65. The van der Waals surface area contributed by atoms with Crippen LogP contribution < -0.4 is 5.32 Å². The number of piperidine rings is 1. The highest BCUT2D eigenvalue weighted by atomic mass is 127. The fourth-order valence-corrected chi connectivity index (χ4v) is 6.07. The van der Waals surface area contributed by atoms with Crippen molar-refractivity contribution in [2.75, 3.05) is 36.6 Å². The standard InChI is InChI=1S/C29H31IN10O2/c1-3-40(16-30)29(42)21-4-7-32-27-24(21)35-28(36-27)25-22-11-19(13-33-26(22)38-37-25)18-10-20(14-31-12-18)34-23(15-41)17-5-8-39(2)9-6-17/h4,7,10-15,17,34,41H,3,5-6,8-9,16H2,1-2H3,(H,32,35,36)(H,33,37,38)/b23-15-. The van der Waals surface area contributed by atoms with Crippen LogP contribution in [-0.4, -0.2) is 87.2 Å². The smallest absolute Gasteiger partial charge is 0.256 e. The maximum atomic E-state index is 13.1. The van der Waals surface area contributed by atoms with Crippen LogP contribution in [0.1, 0.15) is 30.1 Å². The zero-order chi connectivity index (χ0) is 29.2. The Bertz CT molecular complexity index is 1770. The minimum atomic E-state index is -0.0933. The SMILES string of the molecule is CCN(CI)C(=O)c1ccnc2[nH]c(-c3n[nH]c4ncc(-c5cncc(N/C(=C\O)C6CCN(C)CC6)c5)cc34)nc12. The van der Waals surface area contributed by atoms with Gasteiger partial charge in [-0.25, -0.2) is 15.0 Å². The van der Waals surface area contributed by atoms with Crippen LogP contribution in [0.3, 0.4) is 0 Å². The first-order valence-corrected chi connectivity index (χ1v) is 15.3. The van der Waals surface area contributed by atoms with Crippen molar-refractivity contribution in [1.82, 2.24) is 44.9 Å². The third-order valence-electron chi connectivity index (χ3n) is 7.73. The van der Waals surface area contributed by atoms with Gasteiger partial charge in [0.05, 0.1) is 39.3 Å². The van der Waals surface area contributed by atoms with Gasteiger partial charge in [0, 0.05) is 42.2 Å². The number of aromatic nitrogens is 7. The number of likely N-dealkylation sites (tertiary alicyclic amines) is 1. The molecular weight excluding hydrogens is 647 g/mol. The third kappa shape index (κ3) is 5.41. The van der Waals surface area contributed by atoms with Gasteiger partial charge >= 0.3 is 0 Å². The second-order valence-corrected chi connectivity index (χ2v) is 11.0. The third-order valence-corrected chi connectivity index (χ3v) is 8.55. The van der Waals surface area contributed by atoms with E-state index in [4.69, 9.17) is 4.98 Å². The van der Waals surface area contributed by atoms with Crippen molar-refractivity contribution in [1.29, 1.82) is 0 Å². The van der Waals surface area contributed by atoms with E-state index in [2.05, 4.69) is 70.0 Å². The van der Waals surface area contributed by atoms with Crippen LogP contribution in [0, 0.1) is 5.92 Å². The van der Waals surface area contributed by atoms with Crippen LogP contribution in [0.2, 0.25) is 0 Å². The molecule has 216 valence electrons. The number of fused-ring (bicyclic) bond motifs is 2. The second kappa shape index (κ2) is 12.0. The van der Waals surface area contributed by atoms with Crippen LogP contribution in [-0.2, 0) is 0 Å². The summed E-state index contributed by atoms with van der Waals surface area (Å²) < 4.78 is 0.577. The summed E-state index contributed by atoms with van der Waals surface area (Å²) in [5, 5.41) is 21.6. The molecule has 1 saturated heterocycles. The number of aliphatic hydroxyl groups is 1. The summed E-state index contributed by atoms with van der Waals surface area (Å²) in [6.45, 7) is 4.54. The Morgan fingerprint density at radius 1 is 1.19 bits per heavy atom. The Kier molecular flexibility index (Phi) is 8.02. The van der Waals surface area contributed by atoms with Crippen molar-refractivity contribution in [3.8, 4) is 22.6 Å². The summed E-state index contributed by atoms with van der Waals surface area (Å²) in [5.41, 5.74) is 5.98. The van der Waals surface area contributed by atoms with E-state index in [-0.39, 0.29) is 11.8 Å². The van der Waals surface area contributed by atoms with Crippen molar-refractivity contribution >= 4 is 56.4 Å². The highest BCUT2D eigenvalue weighted by molar-refractivity contribution is 14.1. The molecule has 0 unspecified atom stereocenters. The van der Waals surface area contributed by atoms with Gasteiger partial charge < -0.3 is 25.2 Å². The van der Waals surface area contributed by atoms with Gasteiger partial charge in [-0.2, -0.15) is 5.10 Å². The number of hydrogen-bond acceptors (Lipinski definition) is 9. The molecule has 0 radical (unpaired) electrons. The molecule has 1 amide bonds. The number of halogens is 1. The summed E-state index contributed by atoms with van der Waals surface area (Å²) in [5.74, 6) is 0.663. The minimum absolute atomic E-state index is 0.0933. The molecule has 1 fully saturated rings. The number of carbonyl (C=O) groups is 1.